The largest absolute Gasteiger partial charge is 0.459 e. The van der Waals surface area contributed by atoms with E-state index in [4.69, 9.17) is 9.47 Å². The molecule has 0 saturated heterocycles. The third-order valence-corrected chi connectivity index (χ3v) is 4.59. The van der Waals surface area contributed by atoms with Crippen molar-refractivity contribution in [1.82, 2.24) is 9.88 Å². The maximum Gasteiger partial charge on any atom is 0.419 e. The van der Waals surface area contributed by atoms with Gasteiger partial charge in [0.05, 0.1) is 5.52 Å². The van der Waals surface area contributed by atoms with Crippen molar-refractivity contribution < 1.29 is 23.9 Å². The molecule has 1 amide bonds. The Morgan fingerprint density at radius 2 is 1.74 bits per heavy atom. The zero-order valence-corrected chi connectivity index (χ0v) is 17.8. The van der Waals surface area contributed by atoms with E-state index in [-0.39, 0.29) is 13.0 Å². The monoisotopic (exact) mass is 422 g/mol. The number of carbonyl (C=O) groups excluding carboxylic acids is 3. The topological polar surface area (TPSA) is 86.6 Å². The first kappa shape index (κ1) is 22.1. The molecule has 2 aromatic carbocycles. The first-order chi connectivity index (χ1) is 14.8. The Balaban J connectivity index is 1.83. The molecule has 0 unspecified atom stereocenters. The van der Waals surface area contributed by atoms with E-state index < -0.39 is 23.7 Å². The van der Waals surface area contributed by atoms with Gasteiger partial charge in [-0.15, -0.1) is 0 Å². The van der Waals surface area contributed by atoms with Crippen LogP contribution >= 0.6 is 0 Å². The number of para-hydroxylation sites is 1. The number of benzene rings is 2. The summed E-state index contributed by atoms with van der Waals surface area (Å²) in [7, 11) is 0. The first-order valence-electron chi connectivity index (χ1n) is 10.0. The molecule has 0 fully saturated rings. The van der Waals surface area contributed by atoms with Gasteiger partial charge in [-0.3, -0.25) is 9.36 Å². The van der Waals surface area contributed by atoms with E-state index in [9.17, 15) is 14.4 Å². The van der Waals surface area contributed by atoms with E-state index >= 15 is 0 Å². The van der Waals surface area contributed by atoms with E-state index in [0.717, 1.165) is 16.5 Å². The lowest BCUT2D eigenvalue weighted by Gasteiger charge is -2.19. The fourth-order valence-electron chi connectivity index (χ4n) is 3.22. The molecule has 1 atom stereocenters. The summed E-state index contributed by atoms with van der Waals surface area (Å²) in [6, 6.07) is 15.7. The lowest BCUT2D eigenvalue weighted by molar-refractivity contribution is -0.148. The van der Waals surface area contributed by atoms with Crippen LogP contribution in [0.15, 0.2) is 60.8 Å². The molecule has 162 valence electrons. The van der Waals surface area contributed by atoms with Crippen LogP contribution in [0.25, 0.3) is 10.9 Å². The minimum atomic E-state index is -0.890. The number of esters is 1. The van der Waals surface area contributed by atoms with E-state index in [0.29, 0.717) is 11.9 Å². The molecular weight excluding hydrogens is 396 g/mol. The van der Waals surface area contributed by atoms with Gasteiger partial charge in [-0.1, -0.05) is 48.5 Å². The number of fused-ring (bicyclic) bond motifs is 1. The van der Waals surface area contributed by atoms with Crippen molar-refractivity contribution in [3.63, 3.8) is 0 Å². The van der Waals surface area contributed by atoms with Gasteiger partial charge in [0.15, 0.2) is 0 Å². The summed E-state index contributed by atoms with van der Waals surface area (Å²) >= 11 is 0. The van der Waals surface area contributed by atoms with Crippen LogP contribution in [0.5, 0.6) is 0 Å². The summed E-state index contributed by atoms with van der Waals surface area (Å²) < 4.78 is 12.3. The van der Waals surface area contributed by atoms with Gasteiger partial charge in [-0.2, -0.15) is 0 Å². The van der Waals surface area contributed by atoms with Gasteiger partial charge in [-0.05, 0) is 38.0 Å². The van der Waals surface area contributed by atoms with Crippen LogP contribution < -0.4 is 5.32 Å². The molecule has 0 saturated carbocycles. The predicted octanol–water partition coefficient (Wildman–Crippen LogP) is 3.83. The molecule has 3 rings (SSSR count). The fraction of sp³-hybridized carbons (Fsp3) is 0.292. The van der Waals surface area contributed by atoms with Gasteiger partial charge in [0.1, 0.15) is 18.2 Å². The minimum absolute atomic E-state index is 0.108. The van der Waals surface area contributed by atoms with Crippen LogP contribution in [-0.2, 0) is 32.1 Å². The second kappa shape index (κ2) is 9.47. The molecule has 0 aliphatic carbocycles. The van der Waals surface area contributed by atoms with Crippen molar-refractivity contribution in [2.45, 2.75) is 45.4 Å². The number of hydrogen-bond donors (Lipinski definition) is 1. The van der Waals surface area contributed by atoms with Crippen molar-refractivity contribution in [2.75, 3.05) is 0 Å². The molecule has 0 aliphatic rings. The highest BCUT2D eigenvalue weighted by Crippen LogP contribution is 2.24. The zero-order valence-electron chi connectivity index (χ0n) is 17.8. The molecule has 0 aliphatic heterocycles. The Labute approximate surface area is 181 Å². The molecule has 1 aromatic heterocycles. The number of nitrogens with one attached hydrogen (secondary N) is 1. The van der Waals surface area contributed by atoms with Crippen molar-refractivity contribution in [1.29, 1.82) is 0 Å². The molecule has 0 bridgehead atoms. The van der Waals surface area contributed by atoms with Crippen LogP contribution in [0.4, 0.5) is 4.79 Å². The Hall–Kier alpha value is -3.61. The van der Waals surface area contributed by atoms with Gasteiger partial charge < -0.3 is 14.8 Å². The number of nitrogens with zero attached hydrogens (tertiary/aromatic N) is 1. The molecule has 31 heavy (non-hydrogen) atoms. The summed E-state index contributed by atoms with van der Waals surface area (Å²) in [6.07, 6.45) is 1.77. The van der Waals surface area contributed by atoms with E-state index in [1.54, 1.807) is 33.0 Å². The van der Waals surface area contributed by atoms with Gasteiger partial charge in [0.2, 0.25) is 6.41 Å². The lowest BCUT2D eigenvalue weighted by atomic mass is 10.1. The minimum Gasteiger partial charge on any atom is -0.459 e. The van der Waals surface area contributed by atoms with Crippen LogP contribution in [0, 0.1) is 0 Å². The smallest absolute Gasteiger partial charge is 0.419 e. The third-order valence-electron chi connectivity index (χ3n) is 4.59. The van der Waals surface area contributed by atoms with E-state index in [1.807, 2.05) is 48.5 Å². The molecule has 7 heteroatoms. The van der Waals surface area contributed by atoms with Crippen molar-refractivity contribution in [3.8, 4) is 0 Å². The average molecular weight is 422 g/mol. The van der Waals surface area contributed by atoms with E-state index in [1.165, 1.54) is 4.57 Å². The Morgan fingerprint density at radius 1 is 1.06 bits per heavy atom. The molecule has 3 aromatic rings. The Bertz CT molecular complexity index is 1070. The maximum absolute atomic E-state index is 12.7. The van der Waals surface area contributed by atoms with Gasteiger partial charge in [0, 0.05) is 18.0 Å². The Kier molecular flexibility index (Phi) is 6.74. The second-order valence-electron chi connectivity index (χ2n) is 8.16. The lowest BCUT2D eigenvalue weighted by Crippen LogP contribution is -2.39. The number of hydrogen-bond acceptors (Lipinski definition) is 5. The fourth-order valence-corrected chi connectivity index (χ4v) is 3.22. The summed E-state index contributed by atoms with van der Waals surface area (Å²) in [5.74, 6) is -0.551. The highest BCUT2D eigenvalue weighted by molar-refractivity contribution is 5.92. The number of amides is 1. The van der Waals surface area contributed by atoms with Crippen LogP contribution in [-0.4, -0.2) is 34.7 Å². The summed E-state index contributed by atoms with van der Waals surface area (Å²) in [5.41, 5.74) is 1.58. The maximum atomic E-state index is 12.7. The number of ether oxygens (including phenoxy) is 2. The van der Waals surface area contributed by atoms with Crippen LogP contribution in [0.3, 0.4) is 0 Å². The Morgan fingerprint density at radius 3 is 2.42 bits per heavy atom. The number of rotatable bonds is 7. The standard InChI is InChI=1S/C24H26N2O5/c1-24(2,3)31-23(29)26-14-18(19-11-7-8-12-21(19)26)13-20(25-16-27)22(28)30-15-17-9-5-4-6-10-17/h4-12,14,16,20H,13,15H2,1-3H3,(H,25,27)/t20-/m0/s1. The van der Waals surface area contributed by atoms with Crippen LogP contribution in [0.2, 0.25) is 0 Å². The van der Waals surface area contributed by atoms with Crippen molar-refractivity contribution in [2.24, 2.45) is 0 Å². The summed E-state index contributed by atoms with van der Waals surface area (Å²) in [5, 5.41) is 3.32. The predicted molar refractivity (Wildman–Crippen MR) is 116 cm³/mol. The van der Waals surface area contributed by atoms with Gasteiger partial charge in [-0.25, -0.2) is 9.59 Å². The molecule has 7 nitrogen and oxygen atoms in total. The first-order valence-corrected chi connectivity index (χ1v) is 10.0. The molecule has 0 radical (unpaired) electrons. The van der Waals surface area contributed by atoms with Gasteiger partial charge >= 0.3 is 12.1 Å². The average Bonchev–Trinajstić information content (AvgIpc) is 3.10. The molecule has 0 spiro atoms. The summed E-state index contributed by atoms with van der Waals surface area (Å²) in [6.45, 7) is 5.50. The van der Waals surface area contributed by atoms with Gasteiger partial charge in [0.25, 0.3) is 0 Å². The SMILES string of the molecule is CC(C)(C)OC(=O)n1cc(C[C@H](NC=O)C(=O)OCc2ccccc2)c2ccccc21. The number of carbonyl (C=O) groups is 3. The molecule has 1 heterocycles. The van der Waals surface area contributed by atoms with Crippen LogP contribution in [0.1, 0.15) is 31.9 Å². The third kappa shape index (κ3) is 5.72. The molecule has 1 N–H and O–H groups in total. The van der Waals surface area contributed by atoms with E-state index in [2.05, 4.69) is 5.32 Å². The normalized spacial score (nSPS) is 12.2. The quantitative estimate of drug-likeness (QED) is 0.462. The number of aromatic nitrogens is 1. The summed E-state index contributed by atoms with van der Waals surface area (Å²) in [4.78, 5) is 36.4. The molecular formula is C24H26N2O5. The zero-order chi connectivity index (χ0) is 22.4. The van der Waals surface area contributed by atoms with Crippen molar-refractivity contribution in [3.05, 3.63) is 71.9 Å². The van der Waals surface area contributed by atoms with Crippen molar-refractivity contribution >= 4 is 29.4 Å². The highest BCUT2D eigenvalue weighted by atomic mass is 16.6. The highest BCUT2D eigenvalue weighted by Gasteiger charge is 2.25. The second-order valence-corrected chi connectivity index (χ2v) is 8.16.